The number of hydrogen-bond acceptors (Lipinski definition) is 4. The summed E-state index contributed by atoms with van der Waals surface area (Å²) in [4.78, 5) is 25.7. The summed E-state index contributed by atoms with van der Waals surface area (Å²) in [6.45, 7) is 4.92. The highest BCUT2D eigenvalue weighted by Gasteiger charge is 2.25. The van der Waals surface area contributed by atoms with Crippen LogP contribution in [0.2, 0.25) is 0 Å². The third kappa shape index (κ3) is 4.38. The molecular formula is C29H27FN2O4. The molecule has 4 aromatic rings. The number of pyridine rings is 1. The molecule has 0 spiro atoms. The average Bonchev–Trinajstić information content (AvgIpc) is 3.39. The summed E-state index contributed by atoms with van der Waals surface area (Å²) >= 11 is 0. The normalized spacial score (nSPS) is 16.2. The number of nitrogens with one attached hydrogen (secondary N) is 1. The molecule has 0 aliphatic carbocycles. The number of fused-ring (bicyclic) bond motifs is 1. The van der Waals surface area contributed by atoms with Gasteiger partial charge in [-0.1, -0.05) is 18.2 Å². The highest BCUT2D eigenvalue weighted by Crippen LogP contribution is 2.33. The van der Waals surface area contributed by atoms with Crippen LogP contribution in [0.25, 0.3) is 22.0 Å². The molecule has 2 heterocycles. The summed E-state index contributed by atoms with van der Waals surface area (Å²) in [5.41, 5.74) is 3.81. The lowest BCUT2D eigenvalue weighted by atomic mass is 9.95. The zero-order chi connectivity index (χ0) is 25.4. The Morgan fingerprint density at radius 3 is 2.56 bits per heavy atom. The van der Waals surface area contributed by atoms with Crippen molar-refractivity contribution in [3.8, 4) is 11.3 Å². The van der Waals surface area contributed by atoms with Crippen LogP contribution in [-0.4, -0.2) is 28.9 Å². The van der Waals surface area contributed by atoms with Gasteiger partial charge in [-0.05, 0) is 90.9 Å². The lowest BCUT2D eigenvalue weighted by Crippen LogP contribution is -2.27. The van der Waals surface area contributed by atoms with Crippen molar-refractivity contribution in [2.75, 3.05) is 18.5 Å². The van der Waals surface area contributed by atoms with Gasteiger partial charge in [0.25, 0.3) is 5.56 Å². The molecule has 36 heavy (non-hydrogen) atoms. The average molecular weight is 487 g/mol. The number of nitrogens with zero attached hydrogens (tertiary/aromatic N) is 1. The quantitative estimate of drug-likeness (QED) is 0.352. The molecule has 5 rings (SSSR count). The Balaban J connectivity index is 1.71. The first-order chi connectivity index (χ1) is 17.3. The Labute approximate surface area is 208 Å². The number of carboxylic acids is 1. The van der Waals surface area contributed by atoms with Crippen LogP contribution in [0.5, 0.6) is 0 Å². The number of rotatable bonds is 6. The molecule has 1 aliphatic rings. The van der Waals surface area contributed by atoms with Crippen LogP contribution in [0.1, 0.15) is 46.9 Å². The molecule has 184 valence electrons. The van der Waals surface area contributed by atoms with E-state index in [-0.39, 0.29) is 29.0 Å². The van der Waals surface area contributed by atoms with E-state index in [1.54, 1.807) is 41.0 Å². The van der Waals surface area contributed by atoms with E-state index in [0.717, 1.165) is 28.5 Å². The van der Waals surface area contributed by atoms with Crippen molar-refractivity contribution in [3.63, 3.8) is 0 Å². The molecule has 7 heteroatoms. The van der Waals surface area contributed by atoms with Gasteiger partial charge in [0.1, 0.15) is 5.82 Å². The van der Waals surface area contributed by atoms with E-state index in [1.807, 2.05) is 32.0 Å². The van der Waals surface area contributed by atoms with E-state index in [9.17, 15) is 19.1 Å². The number of aromatic nitrogens is 1. The summed E-state index contributed by atoms with van der Waals surface area (Å²) in [5, 5.41) is 14.3. The Bertz CT molecular complexity index is 1500. The van der Waals surface area contributed by atoms with Gasteiger partial charge in [-0.2, -0.15) is 0 Å². The van der Waals surface area contributed by atoms with Crippen LogP contribution in [0.3, 0.4) is 0 Å². The Kier molecular flexibility index (Phi) is 6.33. The second-order valence-electron chi connectivity index (χ2n) is 9.26. The van der Waals surface area contributed by atoms with Crippen LogP contribution >= 0.6 is 0 Å². The van der Waals surface area contributed by atoms with Crippen LogP contribution in [0.4, 0.5) is 10.1 Å². The van der Waals surface area contributed by atoms with E-state index >= 15 is 0 Å². The topological polar surface area (TPSA) is 80.6 Å². The van der Waals surface area contributed by atoms with Gasteiger partial charge >= 0.3 is 5.97 Å². The number of aromatic carboxylic acids is 1. The predicted octanol–water partition coefficient (Wildman–Crippen LogP) is 5.95. The van der Waals surface area contributed by atoms with Crippen molar-refractivity contribution in [2.45, 2.75) is 32.4 Å². The highest BCUT2D eigenvalue weighted by molar-refractivity contribution is 5.94. The van der Waals surface area contributed by atoms with Gasteiger partial charge in [0.15, 0.2) is 0 Å². The summed E-state index contributed by atoms with van der Waals surface area (Å²) in [5.74, 6) is -1.36. The molecule has 1 fully saturated rings. The molecule has 0 radical (unpaired) electrons. The molecule has 1 saturated heterocycles. The van der Waals surface area contributed by atoms with Crippen molar-refractivity contribution < 1.29 is 19.0 Å². The standard InChI is InChI=1S/C29H27FN2O4/c1-17-13-23(18(2)31-26-6-4-3-5-22(26)29(34)35)24-15-27(19-7-9-20(30)10-8-19)32(21-11-12-36-16-21)28(33)25(24)14-17/h3-10,13-15,18,21,31H,11-12,16H2,1-2H3,(H,34,35). The second kappa shape index (κ2) is 9.59. The number of aryl methyl sites for hydroxylation is 1. The van der Waals surface area contributed by atoms with Gasteiger partial charge < -0.3 is 19.7 Å². The zero-order valence-electron chi connectivity index (χ0n) is 20.1. The summed E-state index contributed by atoms with van der Waals surface area (Å²) in [6, 6.07) is 18.4. The molecule has 1 aromatic heterocycles. The molecule has 1 aliphatic heterocycles. The van der Waals surface area contributed by atoms with Crippen LogP contribution in [0.15, 0.2) is 71.5 Å². The van der Waals surface area contributed by atoms with Crippen molar-refractivity contribution in [1.82, 2.24) is 4.57 Å². The molecule has 3 aromatic carbocycles. The van der Waals surface area contributed by atoms with Crippen molar-refractivity contribution in [3.05, 3.63) is 99.6 Å². The first-order valence-corrected chi connectivity index (χ1v) is 12.0. The Hall–Kier alpha value is -3.97. The molecule has 2 unspecified atom stereocenters. The van der Waals surface area contributed by atoms with E-state index in [0.29, 0.717) is 30.0 Å². The minimum absolute atomic E-state index is 0.107. The van der Waals surface area contributed by atoms with Crippen molar-refractivity contribution in [1.29, 1.82) is 0 Å². The van der Waals surface area contributed by atoms with Gasteiger partial charge in [-0.15, -0.1) is 0 Å². The van der Waals surface area contributed by atoms with Crippen LogP contribution in [0, 0.1) is 12.7 Å². The van der Waals surface area contributed by atoms with Crippen LogP contribution < -0.4 is 10.9 Å². The number of anilines is 1. The Morgan fingerprint density at radius 2 is 1.86 bits per heavy atom. The second-order valence-corrected chi connectivity index (χ2v) is 9.26. The molecule has 6 nitrogen and oxygen atoms in total. The van der Waals surface area contributed by atoms with Crippen molar-refractivity contribution in [2.24, 2.45) is 0 Å². The number of para-hydroxylation sites is 1. The minimum atomic E-state index is -1.01. The third-order valence-corrected chi connectivity index (χ3v) is 6.75. The molecule has 0 amide bonds. The number of hydrogen-bond donors (Lipinski definition) is 2. The van der Waals surface area contributed by atoms with Gasteiger partial charge in [0.2, 0.25) is 0 Å². The van der Waals surface area contributed by atoms with Gasteiger partial charge in [0.05, 0.1) is 23.9 Å². The fourth-order valence-corrected chi connectivity index (χ4v) is 5.01. The molecule has 0 saturated carbocycles. The largest absolute Gasteiger partial charge is 0.478 e. The Morgan fingerprint density at radius 1 is 1.11 bits per heavy atom. The zero-order valence-corrected chi connectivity index (χ0v) is 20.1. The number of benzene rings is 3. The predicted molar refractivity (Wildman–Crippen MR) is 138 cm³/mol. The first kappa shape index (κ1) is 23.8. The molecular weight excluding hydrogens is 459 g/mol. The molecule has 2 atom stereocenters. The fourth-order valence-electron chi connectivity index (χ4n) is 5.01. The number of halogens is 1. The minimum Gasteiger partial charge on any atom is -0.478 e. The summed E-state index contributed by atoms with van der Waals surface area (Å²) in [7, 11) is 0. The van der Waals surface area contributed by atoms with E-state index < -0.39 is 5.97 Å². The van der Waals surface area contributed by atoms with Crippen molar-refractivity contribution >= 4 is 22.4 Å². The van der Waals surface area contributed by atoms with E-state index in [4.69, 9.17) is 4.74 Å². The maximum atomic E-state index is 13.9. The van der Waals surface area contributed by atoms with Gasteiger partial charge in [-0.3, -0.25) is 4.79 Å². The van der Waals surface area contributed by atoms with E-state index in [1.165, 1.54) is 12.1 Å². The van der Waals surface area contributed by atoms with Gasteiger partial charge in [-0.25, -0.2) is 9.18 Å². The first-order valence-electron chi connectivity index (χ1n) is 12.0. The highest BCUT2D eigenvalue weighted by atomic mass is 19.1. The van der Waals surface area contributed by atoms with E-state index in [2.05, 4.69) is 5.32 Å². The number of ether oxygens (including phenoxy) is 1. The lowest BCUT2D eigenvalue weighted by Gasteiger charge is -2.23. The maximum absolute atomic E-state index is 13.9. The molecule has 2 N–H and O–H groups in total. The molecule has 0 bridgehead atoms. The summed E-state index contributed by atoms with van der Waals surface area (Å²) in [6.07, 6.45) is 0.724. The lowest BCUT2D eigenvalue weighted by molar-refractivity contribution is 0.0698. The monoisotopic (exact) mass is 486 g/mol. The maximum Gasteiger partial charge on any atom is 0.337 e. The number of carboxylic acid groups (broad SMARTS) is 1. The SMILES string of the molecule is Cc1cc(C(C)Nc2ccccc2C(=O)O)c2cc(-c3ccc(F)cc3)n(C3CCOC3)c(=O)c2c1. The summed E-state index contributed by atoms with van der Waals surface area (Å²) < 4.78 is 21.1. The van der Waals surface area contributed by atoms with Gasteiger partial charge in [0, 0.05) is 23.7 Å². The smallest absolute Gasteiger partial charge is 0.337 e. The van der Waals surface area contributed by atoms with Crippen LogP contribution in [-0.2, 0) is 4.74 Å². The third-order valence-electron chi connectivity index (χ3n) is 6.75. The fraction of sp³-hybridized carbons (Fsp3) is 0.241. The number of carbonyl (C=O) groups is 1.